The molecule has 0 N–H and O–H groups in total. The summed E-state index contributed by atoms with van der Waals surface area (Å²) in [6.07, 6.45) is 7.10. The third-order valence-corrected chi connectivity index (χ3v) is 7.03. The van der Waals surface area contributed by atoms with E-state index in [1.165, 1.54) is 0 Å². The van der Waals surface area contributed by atoms with Crippen LogP contribution in [0, 0.1) is 11.3 Å². The van der Waals surface area contributed by atoms with Crippen molar-refractivity contribution in [3.63, 3.8) is 0 Å². The third-order valence-electron chi connectivity index (χ3n) is 7.03. The third kappa shape index (κ3) is 2.22. The van der Waals surface area contributed by atoms with Crippen LogP contribution in [0.1, 0.15) is 62.6 Å². The number of fused-ring (bicyclic) bond motifs is 1. The van der Waals surface area contributed by atoms with Gasteiger partial charge in [0, 0.05) is 28.0 Å². The Bertz CT molecular complexity index is 855. The van der Waals surface area contributed by atoms with E-state index < -0.39 is 5.41 Å². The van der Waals surface area contributed by atoms with Gasteiger partial charge in [-0.1, -0.05) is 39.3 Å². The van der Waals surface area contributed by atoms with Crippen molar-refractivity contribution in [2.75, 3.05) is 27.9 Å². The molecule has 28 heavy (non-hydrogen) atoms. The molecule has 0 aromatic heterocycles. The zero-order valence-electron chi connectivity index (χ0n) is 17.7. The van der Waals surface area contributed by atoms with E-state index in [4.69, 9.17) is 18.9 Å². The van der Waals surface area contributed by atoms with Gasteiger partial charge in [0.25, 0.3) is 0 Å². The lowest BCUT2D eigenvalue weighted by molar-refractivity contribution is -0.177. The smallest absolute Gasteiger partial charge is 0.317 e. The van der Waals surface area contributed by atoms with Gasteiger partial charge >= 0.3 is 5.97 Å². The molecular formula is C23H30O5. The Kier molecular flexibility index (Phi) is 4.40. The molecule has 3 atom stereocenters. The first-order valence-corrected chi connectivity index (χ1v) is 10.1. The van der Waals surface area contributed by atoms with Crippen molar-refractivity contribution >= 4 is 12.0 Å². The zero-order chi connectivity index (χ0) is 20.3. The Morgan fingerprint density at radius 2 is 1.75 bits per heavy atom. The van der Waals surface area contributed by atoms with Crippen molar-refractivity contribution in [1.29, 1.82) is 0 Å². The number of carbonyl (C=O) groups excluding carboxylic acids is 1. The summed E-state index contributed by atoms with van der Waals surface area (Å²) in [5, 5.41) is 0. The molecule has 4 rings (SSSR count). The highest BCUT2D eigenvalue weighted by molar-refractivity contribution is 5.92. The molecule has 1 saturated heterocycles. The van der Waals surface area contributed by atoms with Gasteiger partial charge in [-0.2, -0.15) is 0 Å². The van der Waals surface area contributed by atoms with Gasteiger partial charge < -0.3 is 18.9 Å². The van der Waals surface area contributed by atoms with Crippen molar-refractivity contribution < 1.29 is 23.7 Å². The van der Waals surface area contributed by atoms with Gasteiger partial charge in [0.1, 0.15) is 11.2 Å². The van der Waals surface area contributed by atoms with Gasteiger partial charge in [-0.15, -0.1) is 0 Å². The normalized spacial score (nSPS) is 30.4. The molecule has 2 bridgehead atoms. The average molecular weight is 386 g/mol. The summed E-state index contributed by atoms with van der Waals surface area (Å²) in [6, 6.07) is 0. The molecule has 0 amide bonds. The molecule has 0 radical (unpaired) electrons. The molecule has 1 aromatic rings. The summed E-state index contributed by atoms with van der Waals surface area (Å²) in [6.45, 7) is 6.91. The maximum atomic E-state index is 13.4. The van der Waals surface area contributed by atoms with E-state index in [0.717, 1.165) is 41.7 Å². The number of benzene rings is 1. The molecule has 1 saturated carbocycles. The number of methoxy groups -OCH3 is 3. The molecule has 2 fully saturated rings. The number of hydrogen-bond acceptors (Lipinski definition) is 5. The van der Waals surface area contributed by atoms with E-state index in [1.54, 1.807) is 21.3 Å². The van der Waals surface area contributed by atoms with Gasteiger partial charge in [0.2, 0.25) is 0 Å². The highest BCUT2D eigenvalue weighted by atomic mass is 16.5. The summed E-state index contributed by atoms with van der Waals surface area (Å²) in [7, 11) is 4.97. The lowest BCUT2D eigenvalue weighted by atomic mass is 9.49. The Hall–Kier alpha value is -2.17. The second kappa shape index (κ2) is 6.43. The molecule has 5 nitrogen and oxygen atoms in total. The molecule has 1 aliphatic heterocycles. The van der Waals surface area contributed by atoms with Crippen LogP contribution in [0.3, 0.4) is 0 Å². The SMILES string of the molecule is COc1c2c(c(OC)c(OC)c1C(C)C)[C@]13CCC[C@](C)(COC1=O)C3C=C2. The fourth-order valence-corrected chi connectivity index (χ4v) is 5.86. The van der Waals surface area contributed by atoms with E-state index >= 15 is 0 Å². The van der Waals surface area contributed by atoms with E-state index in [2.05, 4.69) is 32.9 Å². The highest BCUT2D eigenvalue weighted by Crippen LogP contribution is 2.64. The number of ether oxygens (including phenoxy) is 4. The van der Waals surface area contributed by atoms with Crippen LogP contribution in [0.4, 0.5) is 0 Å². The fraction of sp³-hybridized carbons (Fsp3) is 0.609. The Morgan fingerprint density at radius 1 is 1.07 bits per heavy atom. The van der Waals surface area contributed by atoms with E-state index in [9.17, 15) is 4.79 Å². The molecule has 5 heteroatoms. The summed E-state index contributed by atoms with van der Waals surface area (Å²) < 4.78 is 23.4. The second-order valence-electron chi connectivity index (χ2n) is 8.85. The summed E-state index contributed by atoms with van der Waals surface area (Å²) in [5.74, 6) is 2.15. The summed E-state index contributed by atoms with van der Waals surface area (Å²) >= 11 is 0. The number of rotatable bonds is 4. The predicted molar refractivity (Wildman–Crippen MR) is 107 cm³/mol. The van der Waals surface area contributed by atoms with Gasteiger partial charge in [-0.05, 0) is 18.8 Å². The maximum absolute atomic E-state index is 13.4. The van der Waals surface area contributed by atoms with Crippen LogP contribution in [0.5, 0.6) is 17.2 Å². The van der Waals surface area contributed by atoms with Crippen LogP contribution in [0.25, 0.3) is 6.08 Å². The minimum atomic E-state index is -0.753. The van der Waals surface area contributed by atoms with Crippen LogP contribution >= 0.6 is 0 Å². The number of esters is 1. The number of hydrogen-bond donors (Lipinski definition) is 0. The van der Waals surface area contributed by atoms with Gasteiger partial charge in [-0.3, -0.25) is 4.79 Å². The number of cyclic esters (lactones) is 1. The van der Waals surface area contributed by atoms with E-state index in [1.807, 2.05) is 0 Å². The predicted octanol–water partition coefficient (Wildman–Crippen LogP) is 4.46. The molecular weight excluding hydrogens is 356 g/mol. The molecule has 1 aromatic carbocycles. The second-order valence-corrected chi connectivity index (χ2v) is 8.85. The van der Waals surface area contributed by atoms with Crippen molar-refractivity contribution in [2.45, 2.75) is 51.4 Å². The molecule has 2 aliphatic carbocycles. The van der Waals surface area contributed by atoms with Gasteiger partial charge in [0.05, 0.1) is 27.9 Å². The zero-order valence-corrected chi connectivity index (χ0v) is 17.7. The van der Waals surface area contributed by atoms with Crippen LogP contribution in [-0.2, 0) is 14.9 Å². The first-order valence-electron chi connectivity index (χ1n) is 10.1. The fourth-order valence-electron chi connectivity index (χ4n) is 5.86. The molecule has 1 unspecified atom stereocenters. The minimum absolute atomic E-state index is 0.0669. The topological polar surface area (TPSA) is 54.0 Å². The molecule has 1 heterocycles. The molecule has 152 valence electrons. The first kappa shape index (κ1) is 19.2. The lowest BCUT2D eigenvalue weighted by Gasteiger charge is -2.56. The highest BCUT2D eigenvalue weighted by Gasteiger charge is 2.63. The van der Waals surface area contributed by atoms with Crippen molar-refractivity contribution in [3.05, 3.63) is 22.8 Å². The minimum Gasteiger partial charge on any atom is -0.496 e. The van der Waals surface area contributed by atoms with Crippen molar-refractivity contribution in [3.8, 4) is 17.2 Å². The summed E-state index contributed by atoms with van der Waals surface area (Å²) in [5.41, 5.74) is 1.93. The molecule has 0 spiro atoms. The summed E-state index contributed by atoms with van der Waals surface area (Å²) in [4.78, 5) is 13.4. The van der Waals surface area contributed by atoms with E-state index in [0.29, 0.717) is 18.1 Å². The Morgan fingerprint density at radius 3 is 2.36 bits per heavy atom. The van der Waals surface area contributed by atoms with Crippen LogP contribution < -0.4 is 14.2 Å². The van der Waals surface area contributed by atoms with Gasteiger partial charge in [-0.25, -0.2) is 0 Å². The number of allylic oxidation sites excluding steroid dienone is 1. The Labute approximate surface area is 167 Å². The van der Waals surface area contributed by atoms with Crippen LogP contribution in [-0.4, -0.2) is 33.9 Å². The van der Waals surface area contributed by atoms with Crippen LogP contribution in [0.15, 0.2) is 6.08 Å². The van der Waals surface area contributed by atoms with Gasteiger partial charge in [0.15, 0.2) is 11.5 Å². The van der Waals surface area contributed by atoms with E-state index in [-0.39, 0.29) is 23.2 Å². The lowest BCUT2D eigenvalue weighted by Crippen LogP contribution is -2.59. The quantitative estimate of drug-likeness (QED) is 0.715. The largest absolute Gasteiger partial charge is 0.496 e. The Balaban J connectivity index is 2.13. The number of carbonyl (C=O) groups is 1. The van der Waals surface area contributed by atoms with Crippen molar-refractivity contribution in [2.24, 2.45) is 11.3 Å². The maximum Gasteiger partial charge on any atom is 0.317 e. The van der Waals surface area contributed by atoms with Crippen LogP contribution in [0.2, 0.25) is 0 Å². The average Bonchev–Trinajstić information content (AvgIpc) is 2.68. The molecule has 3 aliphatic rings. The monoisotopic (exact) mass is 386 g/mol. The standard InChI is InChI=1S/C23H30O5/c1-13(2)16-18(25-4)14-8-9-15-22(3)10-7-11-23(15,21(24)28-12-22)17(14)20(27-6)19(16)26-5/h8-9,13,15H,7,10-12H2,1-6H3/t15?,22-,23-/m1/s1. The van der Waals surface area contributed by atoms with Crippen molar-refractivity contribution in [1.82, 2.24) is 0 Å². The first-order chi connectivity index (χ1) is 13.4.